The van der Waals surface area contributed by atoms with Crippen molar-refractivity contribution < 1.29 is 14.3 Å². The first kappa shape index (κ1) is 20.8. The zero-order chi connectivity index (χ0) is 19.0. The van der Waals surface area contributed by atoms with Crippen molar-refractivity contribution in [2.45, 2.75) is 45.8 Å². The molecule has 2 heterocycles. The Labute approximate surface area is 157 Å². The van der Waals surface area contributed by atoms with Crippen LogP contribution in [-0.4, -0.2) is 92.5 Å². The molecule has 0 spiro atoms. The van der Waals surface area contributed by atoms with Gasteiger partial charge in [0, 0.05) is 39.3 Å². The molecule has 2 saturated heterocycles. The molecule has 0 saturated carbocycles. The molecule has 0 aromatic carbocycles. The third-order valence-electron chi connectivity index (χ3n) is 4.33. The number of rotatable bonds is 5. The van der Waals surface area contributed by atoms with Crippen molar-refractivity contribution in [3.05, 3.63) is 0 Å². The first-order valence-corrected chi connectivity index (χ1v) is 9.70. The van der Waals surface area contributed by atoms with Crippen LogP contribution in [0, 0.1) is 0 Å². The Bertz CT molecular complexity index is 472. The summed E-state index contributed by atoms with van der Waals surface area (Å²) >= 11 is 0. The largest absolute Gasteiger partial charge is 0.444 e. The quantitative estimate of drug-likeness (QED) is 0.553. The summed E-state index contributed by atoms with van der Waals surface area (Å²) in [6.45, 7) is 15.5. The Kier molecular flexibility index (Phi) is 7.96. The Morgan fingerprint density at radius 1 is 1.27 bits per heavy atom. The van der Waals surface area contributed by atoms with Crippen molar-refractivity contribution >= 4 is 12.1 Å². The summed E-state index contributed by atoms with van der Waals surface area (Å²) < 4.78 is 10.7. The van der Waals surface area contributed by atoms with Gasteiger partial charge in [-0.3, -0.25) is 9.89 Å². The molecule has 150 valence electrons. The molecule has 0 aromatic heterocycles. The van der Waals surface area contributed by atoms with E-state index in [-0.39, 0.29) is 12.1 Å². The number of amides is 1. The Hall–Kier alpha value is -1.54. The highest BCUT2D eigenvalue weighted by molar-refractivity contribution is 5.80. The smallest absolute Gasteiger partial charge is 0.407 e. The minimum absolute atomic E-state index is 0.0907. The molecule has 2 aliphatic heterocycles. The van der Waals surface area contributed by atoms with Crippen LogP contribution >= 0.6 is 0 Å². The van der Waals surface area contributed by atoms with E-state index in [9.17, 15) is 4.79 Å². The number of hydrogen-bond donors (Lipinski definition) is 2. The number of carbonyl (C=O) groups excluding carboxylic acids is 1. The topological polar surface area (TPSA) is 78.4 Å². The standard InChI is InChI=1S/C18H35N5O3/c1-5-19-16(20-7-9-22-10-12-25-13-11-22)23-8-6-15(14-23)21-17(24)26-18(2,3)4/h15H,5-14H2,1-4H3,(H,19,20)(H,21,24). The van der Waals surface area contributed by atoms with Gasteiger partial charge in [0.1, 0.15) is 5.60 Å². The number of alkyl carbamates (subject to hydrolysis) is 1. The molecule has 2 fully saturated rings. The van der Waals surface area contributed by atoms with Gasteiger partial charge in [-0.05, 0) is 34.1 Å². The average molecular weight is 370 g/mol. The van der Waals surface area contributed by atoms with Gasteiger partial charge in [0.25, 0.3) is 0 Å². The molecule has 0 bridgehead atoms. The van der Waals surface area contributed by atoms with Gasteiger partial charge in [-0.25, -0.2) is 4.79 Å². The molecule has 0 radical (unpaired) electrons. The fraction of sp³-hybridized carbons (Fsp3) is 0.889. The Balaban J connectivity index is 1.79. The monoisotopic (exact) mass is 369 g/mol. The number of guanidine groups is 1. The molecule has 26 heavy (non-hydrogen) atoms. The van der Waals surface area contributed by atoms with E-state index in [4.69, 9.17) is 14.5 Å². The van der Waals surface area contributed by atoms with E-state index in [2.05, 4.69) is 27.4 Å². The molecular formula is C18H35N5O3. The van der Waals surface area contributed by atoms with E-state index < -0.39 is 5.60 Å². The molecule has 2 rings (SSSR count). The van der Waals surface area contributed by atoms with Gasteiger partial charge in [-0.15, -0.1) is 0 Å². The number of carbonyl (C=O) groups is 1. The van der Waals surface area contributed by atoms with Crippen LogP contribution in [0.1, 0.15) is 34.1 Å². The highest BCUT2D eigenvalue weighted by Crippen LogP contribution is 2.12. The number of aliphatic imine (C=N–C) groups is 1. The van der Waals surface area contributed by atoms with E-state index in [1.165, 1.54) is 0 Å². The SMILES string of the molecule is CCNC(=NCCN1CCOCC1)N1CCC(NC(=O)OC(C)(C)C)C1. The number of nitrogens with zero attached hydrogens (tertiary/aromatic N) is 3. The number of morpholine rings is 1. The number of ether oxygens (including phenoxy) is 2. The lowest BCUT2D eigenvalue weighted by Crippen LogP contribution is -2.44. The molecule has 2 N–H and O–H groups in total. The van der Waals surface area contributed by atoms with Gasteiger partial charge in [0.05, 0.1) is 25.8 Å². The van der Waals surface area contributed by atoms with E-state index >= 15 is 0 Å². The van der Waals surface area contributed by atoms with Gasteiger partial charge in [-0.2, -0.15) is 0 Å². The highest BCUT2D eigenvalue weighted by Gasteiger charge is 2.27. The number of hydrogen-bond acceptors (Lipinski definition) is 5. The minimum Gasteiger partial charge on any atom is -0.444 e. The first-order chi connectivity index (χ1) is 12.4. The van der Waals surface area contributed by atoms with Crippen molar-refractivity contribution in [3.63, 3.8) is 0 Å². The molecule has 1 unspecified atom stereocenters. The summed E-state index contributed by atoms with van der Waals surface area (Å²) in [5, 5.41) is 6.33. The molecule has 8 heteroatoms. The van der Waals surface area contributed by atoms with Crippen LogP contribution in [0.3, 0.4) is 0 Å². The third kappa shape index (κ3) is 7.37. The minimum atomic E-state index is -0.474. The second-order valence-electron chi connectivity index (χ2n) is 7.77. The molecule has 0 aromatic rings. The van der Waals surface area contributed by atoms with Crippen LogP contribution in [0.25, 0.3) is 0 Å². The summed E-state index contributed by atoms with van der Waals surface area (Å²) in [6.07, 6.45) is 0.547. The molecule has 8 nitrogen and oxygen atoms in total. The van der Waals surface area contributed by atoms with Crippen LogP contribution in [0.2, 0.25) is 0 Å². The molecular weight excluding hydrogens is 334 g/mol. The van der Waals surface area contributed by atoms with Crippen molar-refractivity contribution in [3.8, 4) is 0 Å². The van der Waals surface area contributed by atoms with E-state index in [1.807, 2.05) is 20.8 Å². The van der Waals surface area contributed by atoms with Gasteiger partial charge in [-0.1, -0.05) is 0 Å². The van der Waals surface area contributed by atoms with Crippen LogP contribution < -0.4 is 10.6 Å². The van der Waals surface area contributed by atoms with E-state index in [0.29, 0.717) is 0 Å². The zero-order valence-electron chi connectivity index (χ0n) is 16.7. The molecule has 0 aliphatic carbocycles. The highest BCUT2D eigenvalue weighted by atomic mass is 16.6. The number of nitrogens with one attached hydrogen (secondary N) is 2. The molecule has 1 amide bonds. The Morgan fingerprint density at radius 3 is 2.65 bits per heavy atom. The van der Waals surface area contributed by atoms with E-state index in [1.54, 1.807) is 0 Å². The van der Waals surface area contributed by atoms with Crippen LogP contribution in [0.4, 0.5) is 4.79 Å². The lowest BCUT2D eigenvalue weighted by atomic mass is 10.2. The molecule has 1 atom stereocenters. The maximum atomic E-state index is 12.0. The normalized spacial score (nSPS) is 22.4. The average Bonchev–Trinajstić information content (AvgIpc) is 3.01. The predicted molar refractivity (Wildman–Crippen MR) is 103 cm³/mol. The maximum Gasteiger partial charge on any atom is 0.407 e. The fourth-order valence-electron chi connectivity index (χ4n) is 3.09. The summed E-state index contributed by atoms with van der Waals surface area (Å²) in [5.74, 6) is 0.925. The summed E-state index contributed by atoms with van der Waals surface area (Å²) in [5.41, 5.74) is -0.474. The van der Waals surface area contributed by atoms with Gasteiger partial charge in [0.2, 0.25) is 0 Å². The maximum absolute atomic E-state index is 12.0. The third-order valence-corrected chi connectivity index (χ3v) is 4.33. The van der Waals surface area contributed by atoms with Crippen molar-refractivity contribution in [1.29, 1.82) is 0 Å². The Morgan fingerprint density at radius 2 is 2.00 bits per heavy atom. The van der Waals surface area contributed by atoms with Crippen LogP contribution in [0.15, 0.2) is 4.99 Å². The first-order valence-electron chi connectivity index (χ1n) is 9.70. The predicted octanol–water partition coefficient (Wildman–Crippen LogP) is 0.883. The van der Waals surface area contributed by atoms with E-state index in [0.717, 1.165) is 71.4 Å². The van der Waals surface area contributed by atoms with Gasteiger partial charge < -0.3 is 25.0 Å². The summed E-state index contributed by atoms with van der Waals surface area (Å²) in [7, 11) is 0. The second-order valence-corrected chi connectivity index (χ2v) is 7.77. The zero-order valence-corrected chi connectivity index (χ0v) is 16.7. The lowest BCUT2D eigenvalue weighted by Gasteiger charge is -2.26. The summed E-state index contributed by atoms with van der Waals surface area (Å²) in [6, 6.07) is 0.0907. The molecule has 2 aliphatic rings. The van der Waals surface area contributed by atoms with Gasteiger partial charge >= 0.3 is 6.09 Å². The fourth-order valence-corrected chi connectivity index (χ4v) is 3.09. The number of likely N-dealkylation sites (tertiary alicyclic amines) is 1. The summed E-state index contributed by atoms with van der Waals surface area (Å²) in [4.78, 5) is 21.3. The van der Waals surface area contributed by atoms with Crippen molar-refractivity contribution in [2.24, 2.45) is 4.99 Å². The second kappa shape index (κ2) is 9.97. The van der Waals surface area contributed by atoms with Crippen LogP contribution in [-0.2, 0) is 9.47 Å². The van der Waals surface area contributed by atoms with Crippen molar-refractivity contribution in [1.82, 2.24) is 20.4 Å². The lowest BCUT2D eigenvalue weighted by molar-refractivity contribution is 0.0394. The van der Waals surface area contributed by atoms with Crippen LogP contribution in [0.5, 0.6) is 0 Å². The van der Waals surface area contributed by atoms with Gasteiger partial charge in [0.15, 0.2) is 5.96 Å². The van der Waals surface area contributed by atoms with Crippen molar-refractivity contribution in [2.75, 3.05) is 59.0 Å².